The molecule has 1 aliphatic rings. The van der Waals surface area contributed by atoms with Crippen molar-refractivity contribution < 1.29 is 9.15 Å². The first-order chi connectivity index (χ1) is 9.67. The lowest BCUT2D eigenvalue weighted by Gasteiger charge is -2.23. The third-order valence-corrected chi connectivity index (χ3v) is 3.82. The van der Waals surface area contributed by atoms with Gasteiger partial charge in [-0.25, -0.2) is 0 Å². The van der Waals surface area contributed by atoms with Crippen LogP contribution in [0.2, 0.25) is 0 Å². The molecule has 0 bridgehead atoms. The smallest absolute Gasteiger partial charge is 0.117 e. The van der Waals surface area contributed by atoms with E-state index in [4.69, 9.17) is 9.15 Å². The molecule has 1 aliphatic heterocycles. The molecular formula is C16H28N2O2. The molecule has 1 N–H and O–H groups in total. The first-order valence-electron chi connectivity index (χ1n) is 7.81. The lowest BCUT2D eigenvalue weighted by Crippen LogP contribution is -2.35. The number of ether oxygens (including phenoxy) is 1. The van der Waals surface area contributed by atoms with Gasteiger partial charge in [0.05, 0.1) is 25.0 Å². The van der Waals surface area contributed by atoms with Gasteiger partial charge >= 0.3 is 0 Å². The molecule has 4 heteroatoms. The van der Waals surface area contributed by atoms with Gasteiger partial charge in [0, 0.05) is 19.1 Å². The summed E-state index contributed by atoms with van der Waals surface area (Å²) in [6, 6.07) is 4.51. The second kappa shape index (κ2) is 7.81. The molecule has 1 aromatic heterocycles. The lowest BCUT2D eigenvalue weighted by atomic mass is 10.2. The fraction of sp³-hybridized carbons (Fsp3) is 0.750. The highest BCUT2D eigenvalue weighted by Crippen LogP contribution is 2.21. The summed E-state index contributed by atoms with van der Waals surface area (Å²) in [6.07, 6.45) is 4.82. The van der Waals surface area contributed by atoms with Crippen LogP contribution in [0.1, 0.15) is 39.4 Å². The maximum absolute atomic E-state index is 6.13. The molecule has 1 saturated heterocycles. The highest BCUT2D eigenvalue weighted by Gasteiger charge is 2.26. The molecular weight excluding hydrogens is 252 g/mol. The minimum atomic E-state index is 0.365. The van der Waals surface area contributed by atoms with Crippen molar-refractivity contribution in [3.8, 4) is 0 Å². The van der Waals surface area contributed by atoms with E-state index in [1.54, 1.807) is 6.26 Å². The zero-order valence-electron chi connectivity index (χ0n) is 13.0. The Morgan fingerprint density at radius 2 is 2.15 bits per heavy atom. The van der Waals surface area contributed by atoms with Crippen LogP contribution in [0.5, 0.6) is 0 Å². The number of rotatable bonds is 8. The van der Waals surface area contributed by atoms with Crippen LogP contribution < -0.4 is 5.32 Å². The lowest BCUT2D eigenvalue weighted by molar-refractivity contribution is 0.0210. The van der Waals surface area contributed by atoms with Crippen LogP contribution in [0.3, 0.4) is 0 Å². The number of nitrogens with one attached hydrogen (secondary N) is 1. The van der Waals surface area contributed by atoms with Gasteiger partial charge in [-0.15, -0.1) is 0 Å². The van der Waals surface area contributed by atoms with Crippen LogP contribution >= 0.6 is 0 Å². The zero-order chi connectivity index (χ0) is 14.4. The van der Waals surface area contributed by atoms with E-state index in [0.29, 0.717) is 18.2 Å². The Morgan fingerprint density at radius 3 is 2.80 bits per heavy atom. The molecule has 2 heterocycles. The first-order valence-corrected chi connectivity index (χ1v) is 7.81. The number of hydrogen-bond acceptors (Lipinski definition) is 4. The van der Waals surface area contributed by atoms with Crippen molar-refractivity contribution in [2.75, 3.05) is 19.6 Å². The Kier molecular flexibility index (Phi) is 6.07. The maximum atomic E-state index is 6.13. The summed E-state index contributed by atoms with van der Waals surface area (Å²) >= 11 is 0. The summed E-state index contributed by atoms with van der Waals surface area (Å²) in [7, 11) is 0. The summed E-state index contributed by atoms with van der Waals surface area (Å²) in [4.78, 5) is 2.39. The number of hydrogen-bond donors (Lipinski definition) is 1. The molecule has 0 saturated carbocycles. The quantitative estimate of drug-likeness (QED) is 0.794. The van der Waals surface area contributed by atoms with E-state index < -0.39 is 0 Å². The molecule has 20 heavy (non-hydrogen) atoms. The molecule has 0 aliphatic carbocycles. The van der Waals surface area contributed by atoms with E-state index in [1.165, 1.54) is 12.8 Å². The Bertz CT molecular complexity index is 365. The normalized spacial score (nSPS) is 23.1. The van der Waals surface area contributed by atoms with Crippen LogP contribution in [0.4, 0.5) is 0 Å². The van der Waals surface area contributed by atoms with Crippen molar-refractivity contribution in [3.63, 3.8) is 0 Å². The molecule has 0 amide bonds. The molecule has 0 aromatic carbocycles. The topological polar surface area (TPSA) is 37.6 Å². The number of furan rings is 1. The fourth-order valence-electron chi connectivity index (χ4n) is 2.65. The molecule has 2 rings (SSSR count). The van der Waals surface area contributed by atoms with Crippen molar-refractivity contribution in [1.29, 1.82) is 0 Å². The predicted molar refractivity (Wildman–Crippen MR) is 80.7 cm³/mol. The molecule has 114 valence electrons. The average molecular weight is 280 g/mol. The second-order valence-electron chi connectivity index (χ2n) is 5.93. The van der Waals surface area contributed by atoms with Gasteiger partial charge < -0.3 is 14.5 Å². The Balaban J connectivity index is 1.72. The molecule has 2 unspecified atom stereocenters. The Labute approximate surface area is 122 Å². The zero-order valence-corrected chi connectivity index (χ0v) is 13.0. The largest absolute Gasteiger partial charge is 0.468 e. The maximum Gasteiger partial charge on any atom is 0.117 e. The van der Waals surface area contributed by atoms with Crippen molar-refractivity contribution in [2.45, 2.75) is 58.4 Å². The van der Waals surface area contributed by atoms with Gasteiger partial charge in [0.25, 0.3) is 0 Å². The monoisotopic (exact) mass is 280 g/mol. The van der Waals surface area contributed by atoms with Crippen LogP contribution in [0.25, 0.3) is 0 Å². The summed E-state index contributed by atoms with van der Waals surface area (Å²) in [5.41, 5.74) is 0. The third kappa shape index (κ3) is 4.93. The van der Waals surface area contributed by atoms with Crippen LogP contribution in [0.15, 0.2) is 22.8 Å². The summed E-state index contributed by atoms with van der Waals surface area (Å²) in [6.45, 7) is 10.4. The number of nitrogens with zero attached hydrogens (tertiary/aromatic N) is 1. The third-order valence-electron chi connectivity index (χ3n) is 3.82. The molecule has 2 atom stereocenters. The average Bonchev–Trinajstić information content (AvgIpc) is 3.07. The molecule has 0 radical (unpaired) electrons. The summed E-state index contributed by atoms with van der Waals surface area (Å²) in [5.74, 6) is 1.03. The molecule has 0 spiro atoms. The molecule has 4 nitrogen and oxygen atoms in total. The second-order valence-corrected chi connectivity index (χ2v) is 5.93. The summed E-state index contributed by atoms with van der Waals surface area (Å²) < 4.78 is 11.6. The van der Waals surface area contributed by atoms with Gasteiger partial charge in [-0.05, 0) is 31.5 Å². The van der Waals surface area contributed by atoms with Crippen molar-refractivity contribution in [1.82, 2.24) is 10.2 Å². The van der Waals surface area contributed by atoms with Gasteiger partial charge in [-0.1, -0.05) is 20.8 Å². The van der Waals surface area contributed by atoms with Gasteiger partial charge in [-0.2, -0.15) is 0 Å². The highest BCUT2D eigenvalue weighted by atomic mass is 16.5. The van der Waals surface area contributed by atoms with Crippen LogP contribution in [0, 0.1) is 0 Å². The fourth-order valence-corrected chi connectivity index (χ4v) is 2.65. The van der Waals surface area contributed by atoms with Gasteiger partial charge in [0.2, 0.25) is 0 Å². The standard InChI is InChI=1S/C16H28N2O2/c1-4-18(11-15-6-5-9-19-15)12-16-8-7-14(20-16)10-17-13(2)3/h5-6,9,13-14,16-17H,4,7-8,10-12H2,1-3H3. The minimum Gasteiger partial charge on any atom is -0.468 e. The van der Waals surface area contributed by atoms with E-state index in [-0.39, 0.29) is 0 Å². The van der Waals surface area contributed by atoms with Crippen molar-refractivity contribution in [3.05, 3.63) is 24.2 Å². The van der Waals surface area contributed by atoms with Gasteiger partial charge in [0.1, 0.15) is 5.76 Å². The first kappa shape index (κ1) is 15.5. The van der Waals surface area contributed by atoms with Crippen LogP contribution in [-0.4, -0.2) is 42.8 Å². The van der Waals surface area contributed by atoms with E-state index in [2.05, 4.69) is 31.0 Å². The van der Waals surface area contributed by atoms with E-state index in [1.807, 2.05) is 12.1 Å². The van der Waals surface area contributed by atoms with Crippen LogP contribution in [-0.2, 0) is 11.3 Å². The minimum absolute atomic E-state index is 0.365. The van der Waals surface area contributed by atoms with Gasteiger partial charge in [-0.3, -0.25) is 4.90 Å². The van der Waals surface area contributed by atoms with Crippen molar-refractivity contribution >= 4 is 0 Å². The predicted octanol–water partition coefficient (Wildman–Crippen LogP) is 2.65. The number of likely N-dealkylation sites (N-methyl/N-ethyl adjacent to an activating group) is 1. The molecule has 1 fully saturated rings. The van der Waals surface area contributed by atoms with Gasteiger partial charge in [0.15, 0.2) is 0 Å². The van der Waals surface area contributed by atoms with E-state index in [0.717, 1.165) is 31.9 Å². The Morgan fingerprint density at radius 1 is 1.35 bits per heavy atom. The van der Waals surface area contributed by atoms with E-state index in [9.17, 15) is 0 Å². The van der Waals surface area contributed by atoms with Crippen molar-refractivity contribution in [2.24, 2.45) is 0 Å². The molecule has 1 aromatic rings. The SMILES string of the molecule is CCN(Cc1ccco1)CC1CCC(CNC(C)C)O1. The van der Waals surface area contributed by atoms with E-state index >= 15 is 0 Å². The Hall–Kier alpha value is -0.840. The highest BCUT2D eigenvalue weighted by molar-refractivity contribution is 4.98. The summed E-state index contributed by atoms with van der Waals surface area (Å²) in [5, 5.41) is 3.46.